The van der Waals surface area contributed by atoms with Crippen molar-refractivity contribution in [2.45, 2.75) is 145 Å². The molecule has 10 atom stereocenters. The van der Waals surface area contributed by atoms with E-state index in [-0.39, 0.29) is 58.2 Å². The number of nitrogens with zero attached hydrogens (tertiary/aromatic N) is 3. The molecule has 0 amide bonds. The van der Waals surface area contributed by atoms with E-state index < -0.39 is 0 Å². The normalized spacial score (nSPS) is 37.1. The van der Waals surface area contributed by atoms with E-state index in [2.05, 4.69) is 79.0 Å². The maximum Gasteiger partial charge on any atom is 0.372 e. The van der Waals surface area contributed by atoms with E-state index >= 15 is 0 Å². The van der Waals surface area contributed by atoms with Crippen LogP contribution in [-0.2, 0) is 32.2 Å². The number of allylic oxidation sites excluding steroid dienone is 1. The molecule has 7 rings (SSSR count). The van der Waals surface area contributed by atoms with Gasteiger partial charge in [0.25, 0.3) is 0 Å². The number of hydrogen-bond acceptors (Lipinski definition) is 5. The Morgan fingerprint density at radius 2 is 1.43 bits per heavy atom. The second-order valence-corrected chi connectivity index (χ2v) is 21.1. The first-order valence-electron chi connectivity index (χ1n) is 22.0. The molecular formula is C49H73N3O4+2. The largest absolute Gasteiger partial charge is 0.460 e. The summed E-state index contributed by atoms with van der Waals surface area (Å²) in [5.74, 6) is 2.90. The van der Waals surface area contributed by atoms with Gasteiger partial charge in [0.05, 0.1) is 6.61 Å². The van der Waals surface area contributed by atoms with Crippen molar-refractivity contribution in [3.63, 3.8) is 0 Å². The fourth-order valence-corrected chi connectivity index (χ4v) is 14.3. The molecule has 5 unspecified atom stereocenters. The number of rotatable bonds is 10. The van der Waals surface area contributed by atoms with Gasteiger partial charge in [-0.15, -0.1) is 0 Å². The fraction of sp³-hybridized carbons (Fsp3) is 0.714. The summed E-state index contributed by atoms with van der Waals surface area (Å²) < 4.78 is 16.6. The zero-order chi connectivity index (χ0) is 40.4. The highest BCUT2D eigenvalue weighted by atomic mass is 16.5. The van der Waals surface area contributed by atoms with Crippen LogP contribution in [0.4, 0.5) is 5.69 Å². The van der Waals surface area contributed by atoms with Crippen molar-refractivity contribution in [3.05, 3.63) is 66.8 Å². The molecule has 7 heteroatoms. The monoisotopic (exact) mass is 768 g/mol. The minimum Gasteiger partial charge on any atom is -0.460 e. The number of pyridine rings is 2. The zero-order valence-corrected chi connectivity index (χ0v) is 36.5. The van der Waals surface area contributed by atoms with Crippen LogP contribution in [0.15, 0.2) is 61.2 Å². The Morgan fingerprint density at radius 3 is 2.05 bits per heavy atom. The van der Waals surface area contributed by atoms with Crippen LogP contribution in [-0.4, -0.2) is 38.7 Å². The van der Waals surface area contributed by atoms with E-state index in [9.17, 15) is 9.59 Å². The second-order valence-electron chi connectivity index (χ2n) is 21.1. The lowest BCUT2D eigenvalue weighted by Gasteiger charge is -2.73. The third-order valence-electron chi connectivity index (χ3n) is 17.6. The predicted octanol–water partition coefficient (Wildman–Crippen LogP) is 9.26. The predicted molar refractivity (Wildman–Crippen MR) is 221 cm³/mol. The molecule has 2 aromatic heterocycles. The smallest absolute Gasteiger partial charge is 0.372 e. The van der Waals surface area contributed by atoms with Gasteiger partial charge < -0.3 is 14.4 Å². The van der Waals surface area contributed by atoms with Crippen molar-refractivity contribution in [2.75, 3.05) is 25.6 Å². The number of anilines is 1. The van der Waals surface area contributed by atoms with Gasteiger partial charge in [-0.05, 0) is 128 Å². The van der Waals surface area contributed by atoms with Gasteiger partial charge in [-0.3, -0.25) is 0 Å². The summed E-state index contributed by atoms with van der Waals surface area (Å²) in [7, 11) is 4.05. The Balaban J connectivity index is 1.06. The molecule has 7 nitrogen and oxygen atoms in total. The first-order valence-corrected chi connectivity index (χ1v) is 22.0. The van der Waals surface area contributed by atoms with Gasteiger partial charge in [0.15, 0.2) is 24.8 Å². The highest BCUT2D eigenvalue weighted by Gasteiger charge is 2.71. The van der Waals surface area contributed by atoms with E-state index in [4.69, 9.17) is 9.47 Å². The Labute approximate surface area is 338 Å². The SMILES string of the molecule is C=C(C)C1CC[C@]2(COC(=O)C[n+]3ccc(N(C)C)cc3)CC[C@]3(C)C(CCC4[C@@]5(C)CC[C@H](OC(=O)C[n+]6ccc(C(C)C)cc6)C(C)(C)C5CC[C@]43C)C12. The molecule has 0 saturated heterocycles. The van der Waals surface area contributed by atoms with Crippen LogP contribution >= 0.6 is 0 Å². The van der Waals surface area contributed by atoms with Crippen LogP contribution in [0.3, 0.4) is 0 Å². The second kappa shape index (κ2) is 14.9. The maximum atomic E-state index is 13.4. The maximum absolute atomic E-state index is 13.4. The Bertz CT molecular complexity index is 1780. The molecule has 0 aliphatic heterocycles. The summed E-state index contributed by atoms with van der Waals surface area (Å²) in [4.78, 5) is 28.9. The van der Waals surface area contributed by atoms with Gasteiger partial charge in [-0.2, -0.15) is 9.13 Å². The van der Waals surface area contributed by atoms with Crippen molar-refractivity contribution >= 4 is 17.6 Å². The topological polar surface area (TPSA) is 63.6 Å². The van der Waals surface area contributed by atoms with Crippen molar-refractivity contribution in [1.29, 1.82) is 0 Å². The number of hydrogen-bond donors (Lipinski definition) is 0. The number of esters is 2. The van der Waals surface area contributed by atoms with Crippen LogP contribution in [0.2, 0.25) is 0 Å². The lowest BCUT2D eigenvalue weighted by Crippen LogP contribution is -2.67. The van der Waals surface area contributed by atoms with Crippen LogP contribution < -0.4 is 14.0 Å². The molecule has 0 spiro atoms. The van der Waals surface area contributed by atoms with Crippen LogP contribution in [0.5, 0.6) is 0 Å². The molecule has 306 valence electrons. The van der Waals surface area contributed by atoms with Gasteiger partial charge in [0, 0.05) is 54.9 Å². The minimum atomic E-state index is -0.141. The van der Waals surface area contributed by atoms with Crippen molar-refractivity contribution in [3.8, 4) is 0 Å². The van der Waals surface area contributed by atoms with E-state index in [1.165, 1.54) is 43.2 Å². The van der Waals surface area contributed by atoms with E-state index in [0.29, 0.717) is 42.1 Å². The zero-order valence-electron chi connectivity index (χ0n) is 36.5. The van der Waals surface area contributed by atoms with Crippen molar-refractivity contribution < 1.29 is 28.2 Å². The average Bonchev–Trinajstić information content (AvgIpc) is 3.53. The summed E-state index contributed by atoms with van der Waals surface area (Å²) in [5, 5.41) is 0. The average molecular weight is 768 g/mol. The van der Waals surface area contributed by atoms with Crippen molar-refractivity contribution in [2.24, 2.45) is 56.7 Å². The van der Waals surface area contributed by atoms with Crippen molar-refractivity contribution in [1.82, 2.24) is 0 Å². The molecule has 0 radical (unpaired) electrons. The third kappa shape index (κ3) is 6.83. The summed E-state index contributed by atoms with van der Waals surface area (Å²) >= 11 is 0. The van der Waals surface area contributed by atoms with Crippen LogP contribution in [0.25, 0.3) is 0 Å². The summed E-state index contributed by atoms with van der Waals surface area (Å²) in [6.07, 6.45) is 19.4. The van der Waals surface area contributed by atoms with Gasteiger partial charge in [-0.25, -0.2) is 9.59 Å². The summed E-state index contributed by atoms with van der Waals surface area (Å²) in [6.45, 7) is 25.0. The fourth-order valence-electron chi connectivity index (χ4n) is 14.3. The Kier molecular flexibility index (Phi) is 10.9. The van der Waals surface area contributed by atoms with Gasteiger partial charge >= 0.3 is 11.9 Å². The molecule has 5 saturated carbocycles. The number of carbonyl (C=O) groups is 2. The molecule has 56 heavy (non-hydrogen) atoms. The molecule has 5 aliphatic carbocycles. The molecule has 5 aliphatic rings. The number of aromatic nitrogens is 2. The van der Waals surface area contributed by atoms with Crippen LogP contribution in [0, 0.1) is 56.7 Å². The quantitative estimate of drug-likeness (QED) is 0.137. The molecule has 0 N–H and O–H groups in total. The standard InChI is InChI=1S/C49H73N3O4/c1-33(2)35-17-26-51(27-18-35)31-43(54)56-41-16-21-46(7)39(45(41,5)6)15-22-48(9)40(46)13-12-38-44-37(34(3)4)14-23-49(44,25-24-47(38,48)8)32-55-42(53)30-52-28-19-36(20-29-52)50(10)11/h17-20,26-29,33,37-41,44H,3,12-16,21-25,30-32H2,1-2,4-11H3/q+2/t37?,38?,39?,40?,41-,44?,46-,47+,48+,49+/m0/s1. The van der Waals surface area contributed by atoms with E-state index in [1.807, 2.05) is 60.1 Å². The third-order valence-corrected chi connectivity index (χ3v) is 17.6. The molecule has 5 fully saturated rings. The first-order chi connectivity index (χ1) is 26.3. The lowest BCUT2D eigenvalue weighted by atomic mass is 9.32. The van der Waals surface area contributed by atoms with E-state index in [0.717, 1.165) is 37.8 Å². The number of carbonyl (C=O) groups excluding carboxylic acids is 2. The molecule has 0 aromatic carbocycles. The summed E-state index contributed by atoms with van der Waals surface area (Å²) in [5.41, 5.74) is 4.26. The first kappa shape index (κ1) is 41.0. The number of fused-ring (bicyclic) bond motifs is 7. The Hall–Kier alpha value is -3.22. The van der Waals surface area contributed by atoms with E-state index in [1.54, 1.807) is 0 Å². The highest BCUT2D eigenvalue weighted by molar-refractivity contribution is 5.68. The highest BCUT2D eigenvalue weighted by Crippen LogP contribution is 2.77. The molecule has 0 bridgehead atoms. The van der Waals surface area contributed by atoms with Gasteiger partial charge in [-0.1, -0.05) is 60.6 Å². The molecule has 2 aromatic rings. The Morgan fingerprint density at radius 1 is 0.786 bits per heavy atom. The molecular weight excluding hydrogens is 695 g/mol. The molecule has 2 heterocycles. The number of ether oxygens (including phenoxy) is 2. The van der Waals surface area contributed by atoms with Gasteiger partial charge in [0.2, 0.25) is 13.1 Å². The van der Waals surface area contributed by atoms with Gasteiger partial charge in [0.1, 0.15) is 6.10 Å². The minimum absolute atomic E-state index is 0.0197. The summed E-state index contributed by atoms with van der Waals surface area (Å²) in [6, 6.07) is 8.31. The van der Waals surface area contributed by atoms with Crippen LogP contribution in [0.1, 0.15) is 131 Å². The lowest BCUT2D eigenvalue weighted by molar-refractivity contribution is -0.686.